The maximum Gasteiger partial charge on any atom is 0.419 e. The van der Waals surface area contributed by atoms with E-state index in [9.17, 15) is 22.8 Å². The minimum absolute atomic E-state index is 0.000529. The molecule has 0 radical (unpaired) electrons. The summed E-state index contributed by atoms with van der Waals surface area (Å²) in [5.74, 6) is -0.772. The smallest absolute Gasteiger partial charge is 0.355 e. The van der Waals surface area contributed by atoms with Crippen LogP contribution in [0.3, 0.4) is 0 Å². The highest BCUT2D eigenvalue weighted by Gasteiger charge is 2.37. The predicted octanol–water partition coefficient (Wildman–Crippen LogP) is 3.87. The number of nitrogens with one attached hydrogen (secondary N) is 1. The van der Waals surface area contributed by atoms with Crippen LogP contribution in [0.5, 0.6) is 0 Å². The number of nitrogens with zero attached hydrogens (tertiary/aromatic N) is 3. The third kappa shape index (κ3) is 5.46. The van der Waals surface area contributed by atoms with E-state index >= 15 is 0 Å². The van der Waals surface area contributed by atoms with Crippen LogP contribution in [0.15, 0.2) is 42.6 Å². The number of anilines is 1. The number of amides is 2. The minimum Gasteiger partial charge on any atom is -0.355 e. The van der Waals surface area contributed by atoms with E-state index in [-0.39, 0.29) is 30.7 Å². The number of hydrogen-bond acceptors (Lipinski definition) is 4. The number of likely N-dealkylation sites (tertiary alicyclic amines) is 1. The molecule has 2 saturated heterocycles. The van der Waals surface area contributed by atoms with E-state index in [4.69, 9.17) is 0 Å². The van der Waals surface area contributed by atoms with E-state index in [1.807, 2.05) is 11.0 Å². The molecule has 2 fully saturated rings. The number of piperidine rings is 1. The molecular formula is C24H27F3N4O2. The minimum atomic E-state index is -4.50. The van der Waals surface area contributed by atoms with Crippen molar-refractivity contribution in [3.8, 4) is 0 Å². The molecule has 4 rings (SSSR count). The molecule has 1 unspecified atom stereocenters. The van der Waals surface area contributed by atoms with Gasteiger partial charge in [-0.1, -0.05) is 12.1 Å². The number of carbonyl (C=O) groups excluding carboxylic acids is 2. The third-order valence-electron chi connectivity index (χ3n) is 6.22. The molecule has 0 aliphatic carbocycles. The maximum absolute atomic E-state index is 13.4. The van der Waals surface area contributed by atoms with Gasteiger partial charge < -0.3 is 15.1 Å². The number of hydrogen-bond donors (Lipinski definition) is 1. The van der Waals surface area contributed by atoms with Crippen molar-refractivity contribution in [3.63, 3.8) is 0 Å². The van der Waals surface area contributed by atoms with Crippen LogP contribution in [0.4, 0.5) is 19.0 Å². The number of halogens is 3. The Morgan fingerprint density at radius 3 is 2.61 bits per heavy atom. The van der Waals surface area contributed by atoms with Crippen molar-refractivity contribution in [1.82, 2.24) is 15.2 Å². The number of aromatic nitrogens is 1. The molecule has 1 aromatic carbocycles. The van der Waals surface area contributed by atoms with Crippen LogP contribution in [0, 0.1) is 5.92 Å². The first-order valence-corrected chi connectivity index (χ1v) is 11.3. The van der Waals surface area contributed by atoms with Crippen molar-refractivity contribution in [2.45, 2.75) is 38.4 Å². The van der Waals surface area contributed by atoms with Crippen molar-refractivity contribution >= 4 is 17.6 Å². The van der Waals surface area contributed by atoms with Crippen molar-refractivity contribution in [1.29, 1.82) is 0 Å². The summed E-state index contributed by atoms with van der Waals surface area (Å²) in [7, 11) is 0. The number of benzene rings is 1. The molecule has 176 valence electrons. The Labute approximate surface area is 190 Å². The van der Waals surface area contributed by atoms with Crippen molar-refractivity contribution < 1.29 is 22.8 Å². The molecule has 3 heterocycles. The van der Waals surface area contributed by atoms with Gasteiger partial charge in [0.2, 0.25) is 5.91 Å². The molecule has 0 saturated carbocycles. The summed E-state index contributed by atoms with van der Waals surface area (Å²) < 4.78 is 40.1. The summed E-state index contributed by atoms with van der Waals surface area (Å²) in [6, 6.07) is 9.49. The molecule has 1 aromatic heterocycles. The van der Waals surface area contributed by atoms with Gasteiger partial charge in [0.1, 0.15) is 5.82 Å². The first-order valence-electron chi connectivity index (χ1n) is 11.3. The zero-order valence-electron chi connectivity index (χ0n) is 18.3. The van der Waals surface area contributed by atoms with Gasteiger partial charge in [0, 0.05) is 44.5 Å². The molecule has 9 heteroatoms. The fourth-order valence-corrected chi connectivity index (χ4v) is 4.50. The zero-order valence-corrected chi connectivity index (χ0v) is 18.3. The normalized spacial score (nSPS) is 18.9. The second-order valence-electron chi connectivity index (χ2n) is 8.57. The summed E-state index contributed by atoms with van der Waals surface area (Å²) in [6.45, 7) is 2.40. The molecule has 2 aromatic rings. The van der Waals surface area contributed by atoms with E-state index in [0.717, 1.165) is 37.6 Å². The fourth-order valence-electron chi connectivity index (χ4n) is 4.50. The third-order valence-corrected chi connectivity index (χ3v) is 6.22. The van der Waals surface area contributed by atoms with Gasteiger partial charge in [0.25, 0.3) is 5.91 Å². The van der Waals surface area contributed by atoms with E-state index < -0.39 is 17.7 Å². The Balaban J connectivity index is 1.38. The van der Waals surface area contributed by atoms with Gasteiger partial charge in [-0.15, -0.1) is 0 Å². The number of pyridine rings is 1. The number of rotatable bonds is 5. The lowest BCUT2D eigenvalue weighted by Crippen LogP contribution is -2.43. The standard InChI is InChI=1S/C24H27F3N4O2/c25-24(26,27)20-9-4-10-28-21(20)31-13-5-8-19(16-31)22(32)29-15-17-6-3-7-18(14-17)23(33)30-11-1-2-12-30/h3-4,6-7,9-10,14,19H,1-2,5,8,11-13,15-16H2,(H,29,32). The summed E-state index contributed by atoms with van der Waals surface area (Å²) >= 11 is 0. The molecule has 0 bridgehead atoms. The van der Waals surface area contributed by atoms with Gasteiger partial charge >= 0.3 is 6.18 Å². The van der Waals surface area contributed by atoms with Crippen LogP contribution < -0.4 is 10.2 Å². The van der Waals surface area contributed by atoms with Crippen LogP contribution in [-0.4, -0.2) is 47.9 Å². The van der Waals surface area contributed by atoms with Gasteiger partial charge in [-0.3, -0.25) is 9.59 Å². The van der Waals surface area contributed by atoms with Crippen LogP contribution >= 0.6 is 0 Å². The highest BCUT2D eigenvalue weighted by atomic mass is 19.4. The van der Waals surface area contributed by atoms with E-state index in [2.05, 4.69) is 10.3 Å². The lowest BCUT2D eigenvalue weighted by atomic mass is 9.96. The molecule has 33 heavy (non-hydrogen) atoms. The lowest BCUT2D eigenvalue weighted by molar-refractivity contribution is -0.137. The fraction of sp³-hybridized carbons (Fsp3) is 0.458. The average Bonchev–Trinajstić information content (AvgIpc) is 3.37. The SMILES string of the molecule is O=C(NCc1cccc(C(=O)N2CCCC2)c1)C1CCCN(c2ncccc2C(F)(F)F)C1. The lowest BCUT2D eigenvalue weighted by Gasteiger charge is -2.34. The predicted molar refractivity (Wildman–Crippen MR) is 118 cm³/mol. The number of carbonyl (C=O) groups is 2. The van der Waals surface area contributed by atoms with Gasteiger partial charge in [-0.05, 0) is 55.5 Å². The average molecular weight is 461 g/mol. The van der Waals surface area contributed by atoms with Crippen LogP contribution in [0.2, 0.25) is 0 Å². The van der Waals surface area contributed by atoms with Gasteiger partial charge in [-0.25, -0.2) is 4.98 Å². The maximum atomic E-state index is 13.4. The topological polar surface area (TPSA) is 65.5 Å². The molecule has 1 N–H and O–H groups in total. The summed E-state index contributed by atoms with van der Waals surface area (Å²) in [6.07, 6.45) is 0.0719. The molecule has 2 amide bonds. The second kappa shape index (κ2) is 9.80. The molecule has 2 aliphatic rings. The van der Waals surface area contributed by atoms with Crippen molar-refractivity contribution in [2.24, 2.45) is 5.92 Å². The Hall–Kier alpha value is -3.10. The van der Waals surface area contributed by atoms with Gasteiger partial charge in [0.05, 0.1) is 11.5 Å². The Morgan fingerprint density at radius 2 is 1.85 bits per heavy atom. The summed E-state index contributed by atoms with van der Waals surface area (Å²) in [5, 5.41) is 2.89. The van der Waals surface area contributed by atoms with E-state index in [1.54, 1.807) is 23.1 Å². The van der Waals surface area contributed by atoms with Crippen LogP contribution in [0.25, 0.3) is 0 Å². The van der Waals surface area contributed by atoms with Crippen molar-refractivity contribution in [3.05, 3.63) is 59.3 Å². The Kier molecular flexibility index (Phi) is 6.85. The van der Waals surface area contributed by atoms with Crippen molar-refractivity contribution in [2.75, 3.05) is 31.1 Å². The molecular weight excluding hydrogens is 433 g/mol. The monoisotopic (exact) mass is 460 g/mol. The zero-order chi connectivity index (χ0) is 23.4. The quantitative estimate of drug-likeness (QED) is 0.736. The van der Waals surface area contributed by atoms with Crippen LogP contribution in [0.1, 0.15) is 47.2 Å². The van der Waals surface area contributed by atoms with Gasteiger partial charge in [0.15, 0.2) is 0 Å². The Bertz CT molecular complexity index is 1010. The largest absolute Gasteiger partial charge is 0.419 e. The molecule has 0 spiro atoms. The number of alkyl halides is 3. The summed E-state index contributed by atoms with van der Waals surface area (Å²) in [4.78, 5) is 32.7. The molecule has 2 aliphatic heterocycles. The van der Waals surface area contributed by atoms with Crippen LogP contribution in [-0.2, 0) is 17.5 Å². The Morgan fingerprint density at radius 1 is 1.06 bits per heavy atom. The first kappa shape index (κ1) is 23.1. The first-order chi connectivity index (χ1) is 15.8. The van der Waals surface area contributed by atoms with E-state index in [0.29, 0.717) is 24.9 Å². The highest BCUT2D eigenvalue weighted by molar-refractivity contribution is 5.94. The molecule has 1 atom stereocenters. The van der Waals surface area contributed by atoms with Gasteiger partial charge in [-0.2, -0.15) is 13.2 Å². The molecule has 6 nitrogen and oxygen atoms in total. The highest BCUT2D eigenvalue weighted by Crippen LogP contribution is 2.36. The van der Waals surface area contributed by atoms with E-state index in [1.165, 1.54) is 12.3 Å². The second-order valence-corrected chi connectivity index (χ2v) is 8.57. The summed E-state index contributed by atoms with van der Waals surface area (Å²) in [5.41, 5.74) is 0.623.